The van der Waals surface area contributed by atoms with Crippen LogP contribution >= 0.6 is 0 Å². The number of aromatic nitrogens is 2. The van der Waals surface area contributed by atoms with Crippen LogP contribution in [0.1, 0.15) is 25.5 Å². The summed E-state index contributed by atoms with van der Waals surface area (Å²) in [5.41, 5.74) is 2.77. The van der Waals surface area contributed by atoms with Gasteiger partial charge in [0.25, 0.3) is 0 Å². The monoisotopic (exact) mass is 314 g/mol. The molecular formula is C18H23FN4. The number of hydrogen-bond donors (Lipinski definition) is 1. The molecule has 0 aliphatic carbocycles. The molecule has 1 aliphatic rings. The van der Waals surface area contributed by atoms with Gasteiger partial charge in [-0.1, -0.05) is 19.1 Å². The molecule has 1 aliphatic heterocycles. The van der Waals surface area contributed by atoms with Crippen molar-refractivity contribution < 1.29 is 4.39 Å². The lowest BCUT2D eigenvalue weighted by molar-refractivity contribution is 0.226. The third-order valence-electron chi connectivity index (χ3n) is 4.42. The van der Waals surface area contributed by atoms with Crippen LogP contribution in [0.25, 0.3) is 11.1 Å². The summed E-state index contributed by atoms with van der Waals surface area (Å²) in [5, 5.41) is 3.45. The van der Waals surface area contributed by atoms with Gasteiger partial charge in [-0.15, -0.1) is 0 Å². The number of piperidine rings is 1. The SMILES string of the molecule is CCN1CCCC(Nc2ncc(-c3ccc(F)cc3)c(C)n2)C1. The summed E-state index contributed by atoms with van der Waals surface area (Å²) < 4.78 is 13.0. The van der Waals surface area contributed by atoms with Gasteiger partial charge in [0.05, 0.1) is 5.69 Å². The van der Waals surface area contributed by atoms with Crippen molar-refractivity contribution in [2.75, 3.05) is 25.0 Å². The zero-order chi connectivity index (χ0) is 16.2. The summed E-state index contributed by atoms with van der Waals surface area (Å²) in [5.74, 6) is 0.444. The molecule has 0 amide bonds. The molecule has 2 aromatic rings. The normalized spacial score (nSPS) is 18.8. The number of benzene rings is 1. The maximum Gasteiger partial charge on any atom is 0.223 e. The zero-order valence-electron chi connectivity index (χ0n) is 13.7. The van der Waals surface area contributed by atoms with Gasteiger partial charge in [-0.3, -0.25) is 0 Å². The van der Waals surface area contributed by atoms with Gasteiger partial charge in [0.1, 0.15) is 5.82 Å². The average molecular weight is 314 g/mol. The van der Waals surface area contributed by atoms with Crippen molar-refractivity contribution in [1.29, 1.82) is 0 Å². The van der Waals surface area contributed by atoms with E-state index in [1.165, 1.54) is 25.1 Å². The summed E-state index contributed by atoms with van der Waals surface area (Å²) in [6.07, 6.45) is 4.18. The van der Waals surface area contributed by atoms with Crippen molar-refractivity contribution in [3.8, 4) is 11.1 Å². The van der Waals surface area contributed by atoms with E-state index in [2.05, 4.69) is 27.1 Å². The molecule has 2 heterocycles. The van der Waals surface area contributed by atoms with Gasteiger partial charge in [-0.2, -0.15) is 0 Å². The van der Waals surface area contributed by atoms with Gasteiger partial charge < -0.3 is 10.2 Å². The molecular weight excluding hydrogens is 291 g/mol. The largest absolute Gasteiger partial charge is 0.350 e. The maximum absolute atomic E-state index is 13.0. The van der Waals surface area contributed by atoms with Crippen LogP contribution < -0.4 is 5.32 Å². The lowest BCUT2D eigenvalue weighted by atomic mass is 10.1. The van der Waals surface area contributed by atoms with Gasteiger partial charge in [-0.05, 0) is 50.6 Å². The summed E-state index contributed by atoms with van der Waals surface area (Å²) >= 11 is 0. The van der Waals surface area contributed by atoms with E-state index in [0.29, 0.717) is 12.0 Å². The van der Waals surface area contributed by atoms with Crippen molar-refractivity contribution in [3.05, 3.63) is 42.0 Å². The minimum Gasteiger partial charge on any atom is -0.350 e. The Hall–Kier alpha value is -2.01. The Morgan fingerprint density at radius 3 is 2.78 bits per heavy atom. The van der Waals surface area contributed by atoms with E-state index in [1.807, 2.05) is 13.1 Å². The summed E-state index contributed by atoms with van der Waals surface area (Å²) in [6, 6.07) is 6.84. The molecule has 4 nitrogen and oxygen atoms in total. The van der Waals surface area contributed by atoms with Crippen molar-refractivity contribution in [1.82, 2.24) is 14.9 Å². The van der Waals surface area contributed by atoms with E-state index >= 15 is 0 Å². The fourth-order valence-corrected chi connectivity index (χ4v) is 3.09. The van der Waals surface area contributed by atoms with Crippen LogP contribution in [0, 0.1) is 12.7 Å². The fraction of sp³-hybridized carbons (Fsp3) is 0.444. The first-order chi connectivity index (χ1) is 11.2. The quantitative estimate of drug-likeness (QED) is 0.938. The van der Waals surface area contributed by atoms with E-state index in [9.17, 15) is 4.39 Å². The smallest absolute Gasteiger partial charge is 0.223 e. The van der Waals surface area contributed by atoms with Gasteiger partial charge >= 0.3 is 0 Å². The van der Waals surface area contributed by atoms with E-state index in [1.54, 1.807) is 12.1 Å². The summed E-state index contributed by atoms with van der Waals surface area (Å²) in [7, 11) is 0. The maximum atomic E-state index is 13.0. The predicted octanol–water partition coefficient (Wildman–Crippen LogP) is 3.49. The Morgan fingerprint density at radius 2 is 2.09 bits per heavy atom. The topological polar surface area (TPSA) is 41.0 Å². The number of nitrogens with zero attached hydrogens (tertiary/aromatic N) is 3. The van der Waals surface area contributed by atoms with Crippen LogP contribution in [0.4, 0.5) is 10.3 Å². The highest BCUT2D eigenvalue weighted by Gasteiger charge is 2.19. The van der Waals surface area contributed by atoms with Crippen LogP contribution in [-0.4, -0.2) is 40.5 Å². The lowest BCUT2D eigenvalue weighted by Gasteiger charge is -2.32. The first-order valence-electron chi connectivity index (χ1n) is 8.24. The number of aryl methyl sites for hydroxylation is 1. The minimum absolute atomic E-state index is 0.233. The first-order valence-corrected chi connectivity index (χ1v) is 8.24. The van der Waals surface area contributed by atoms with E-state index in [4.69, 9.17) is 0 Å². The molecule has 122 valence electrons. The number of halogens is 1. The van der Waals surface area contributed by atoms with Crippen LogP contribution in [0.3, 0.4) is 0 Å². The molecule has 1 fully saturated rings. The standard InChI is InChI=1S/C18H23FN4/c1-3-23-10-4-5-16(12-23)22-18-20-11-17(13(2)21-18)14-6-8-15(19)9-7-14/h6-9,11,16H,3-5,10,12H2,1-2H3,(H,20,21,22). The molecule has 3 rings (SSSR count). The van der Waals surface area contributed by atoms with Gasteiger partial charge in [0.15, 0.2) is 0 Å². The molecule has 1 N–H and O–H groups in total. The number of hydrogen-bond acceptors (Lipinski definition) is 4. The Morgan fingerprint density at radius 1 is 1.30 bits per heavy atom. The number of likely N-dealkylation sites (tertiary alicyclic amines) is 1. The number of rotatable bonds is 4. The molecule has 1 saturated heterocycles. The third kappa shape index (κ3) is 3.85. The Kier molecular flexibility index (Phi) is 4.86. The van der Waals surface area contributed by atoms with E-state index in [-0.39, 0.29) is 5.82 Å². The molecule has 1 aromatic heterocycles. The second-order valence-corrected chi connectivity index (χ2v) is 6.08. The molecule has 1 aromatic carbocycles. The highest BCUT2D eigenvalue weighted by atomic mass is 19.1. The second kappa shape index (κ2) is 7.04. The zero-order valence-corrected chi connectivity index (χ0v) is 13.7. The highest BCUT2D eigenvalue weighted by Crippen LogP contribution is 2.23. The Balaban J connectivity index is 1.73. The van der Waals surface area contributed by atoms with Crippen LogP contribution in [0.15, 0.2) is 30.5 Å². The number of likely N-dealkylation sites (N-methyl/N-ethyl adjacent to an activating group) is 1. The van der Waals surface area contributed by atoms with Crippen LogP contribution in [0.5, 0.6) is 0 Å². The van der Waals surface area contributed by atoms with Crippen molar-refractivity contribution in [3.63, 3.8) is 0 Å². The summed E-state index contributed by atoms with van der Waals surface area (Å²) in [4.78, 5) is 11.5. The average Bonchev–Trinajstić information content (AvgIpc) is 2.56. The molecule has 0 bridgehead atoms. The predicted molar refractivity (Wildman–Crippen MR) is 90.9 cm³/mol. The number of anilines is 1. The lowest BCUT2D eigenvalue weighted by Crippen LogP contribution is -2.42. The molecule has 0 saturated carbocycles. The summed E-state index contributed by atoms with van der Waals surface area (Å²) in [6.45, 7) is 7.46. The molecule has 1 atom stereocenters. The van der Waals surface area contributed by atoms with Crippen molar-refractivity contribution in [2.45, 2.75) is 32.7 Å². The van der Waals surface area contributed by atoms with Gasteiger partial charge in [0.2, 0.25) is 5.95 Å². The molecule has 5 heteroatoms. The minimum atomic E-state index is -0.233. The van der Waals surface area contributed by atoms with Gasteiger partial charge in [0, 0.05) is 24.3 Å². The Labute approximate surface area is 136 Å². The van der Waals surface area contributed by atoms with Crippen molar-refractivity contribution >= 4 is 5.95 Å². The van der Waals surface area contributed by atoms with Gasteiger partial charge in [-0.25, -0.2) is 14.4 Å². The molecule has 0 spiro atoms. The fourth-order valence-electron chi connectivity index (χ4n) is 3.09. The van der Waals surface area contributed by atoms with E-state index in [0.717, 1.165) is 36.3 Å². The van der Waals surface area contributed by atoms with Crippen LogP contribution in [-0.2, 0) is 0 Å². The second-order valence-electron chi connectivity index (χ2n) is 6.08. The van der Waals surface area contributed by atoms with Crippen LogP contribution in [0.2, 0.25) is 0 Å². The number of nitrogens with one attached hydrogen (secondary N) is 1. The molecule has 1 unspecified atom stereocenters. The molecule has 23 heavy (non-hydrogen) atoms. The third-order valence-corrected chi connectivity index (χ3v) is 4.42. The highest BCUT2D eigenvalue weighted by molar-refractivity contribution is 5.65. The van der Waals surface area contributed by atoms with Crippen molar-refractivity contribution in [2.24, 2.45) is 0 Å². The van der Waals surface area contributed by atoms with E-state index < -0.39 is 0 Å². The Bertz CT molecular complexity index is 657. The molecule has 0 radical (unpaired) electrons. The first kappa shape index (κ1) is 15.9.